The number of ether oxygens (including phenoxy) is 1. The number of nitrogens with two attached hydrogens (primary N) is 1. The van der Waals surface area contributed by atoms with E-state index >= 15 is 0 Å². The molecule has 2 aromatic rings. The van der Waals surface area contributed by atoms with Crippen molar-refractivity contribution < 1.29 is 4.74 Å². The average Bonchev–Trinajstić information content (AvgIpc) is 2.99. The van der Waals surface area contributed by atoms with E-state index in [1.807, 2.05) is 35.0 Å². The van der Waals surface area contributed by atoms with E-state index in [2.05, 4.69) is 15.7 Å². The van der Waals surface area contributed by atoms with Crippen molar-refractivity contribution in [1.29, 1.82) is 0 Å². The fourth-order valence-electron chi connectivity index (χ4n) is 2.74. The lowest BCUT2D eigenvalue weighted by molar-refractivity contribution is 0.0527. The van der Waals surface area contributed by atoms with Crippen LogP contribution in [0.15, 0.2) is 36.5 Å². The van der Waals surface area contributed by atoms with E-state index in [0.717, 1.165) is 37.4 Å². The molecule has 20 heavy (non-hydrogen) atoms. The van der Waals surface area contributed by atoms with E-state index < -0.39 is 0 Å². The lowest BCUT2D eigenvalue weighted by Gasteiger charge is -2.29. The van der Waals surface area contributed by atoms with Gasteiger partial charge in [0, 0.05) is 13.2 Å². The predicted octanol–water partition coefficient (Wildman–Crippen LogP) is 1.20. The van der Waals surface area contributed by atoms with Crippen LogP contribution in [-0.2, 0) is 4.74 Å². The van der Waals surface area contributed by atoms with E-state index in [-0.39, 0.29) is 6.04 Å². The molecule has 1 unspecified atom stereocenters. The van der Waals surface area contributed by atoms with Gasteiger partial charge < -0.3 is 4.74 Å². The molecule has 0 bridgehead atoms. The Kier molecular flexibility index (Phi) is 4.05. The van der Waals surface area contributed by atoms with E-state index in [9.17, 15) is 0 Å². The van der Waals surface area contributed by atoms with Crippen molar-refractivity contribution in [2.24, 2.45) is 11.8 Å². The Morgan fingerprint density at radius 1 is 1.25 bits per heavy atom. The van der Waals surface area contributed by atoms with E-state index in [1.54, 1.807) is 6.20 Å². The molecule has 1 aliphatic heterocycles. The molecule has 2 heterocycles. The molecule has 1 fully saturated rings. The molecular formula is C14H19N5O. The summed E-state index contributed by atoms with van der Waals surface area (Å²) in [6.07, 6.45) is 3.77. The van der Waals surface area contributed by atoms with Gasteiger partial charge in [-0.05, 0) is 30.9 Å². The standard InChI is InChI=1S/C14H19N5O/c15-17-14(11-6-8-20-9-7-11)13-10-16-18-19(13)12-4-2-1-3-5-12/h1-5,10-11,14,17H,6-9,15H2. The largest absolute Gasteiger partial charge is 0.381 e. The van der Waals surface area contributed by atoms with Gasteiger partial charge in [0.25, 0.3) is 0 Å². The number of hydrogen-bond donors (Lipinski definition) is 2. The van der Waals surface area contributed by atoms with Crippen molar-refractivity contribution >= 4 is 0 Å². The van der Waals surface area contributed by atoms with Gasteiger partial charge in [0.1, 0.15) is 0 Å². The SMILES string of the molecule is NNC(c1cnnn1-c1ccccc1)C1CCOCC1. The van der Waals surface area contributed by atoms with Crippen molar-refractivity contribution in [3.05, 3.63) is 42.2 Å². The van der Waals surface area contributed by atoms with Gasteiger partial charge in [-0.1, -0.05) is 23.4 Å². The first kappa shape index (κ1) is 13.2. The Labute approximate surface area is 117 Å². The Morgan fingerprint density at radius 2 is 2.00 bits per heavy atom. The molecule has 0 saturated carbocycles. The minimum Gasteiger partial charge on any atom is -0.381 e. The molecular weight excluding hydrogens is 254 g/mol. The van der Waals surface area contributed by atoms with E-state index in [4.69, 9.17) is 10.6 Å². The van der Waals surface area contributed by atoms with Gasteiger partial charge in [-0.2, -0.15) is 0 Å². The molecule has 106 valence electrons. The third kappa shape index (κ3) is 2.58. The first-order valence-electron chi connectivity index (χ1n) is 6.90. The third-order valence-electron chi connectivity index (χ3n) is 3.81. The molecule has 0 aliphatic carbocycles. The predicted molar refractivity (Wildman–Crippen MR) is 75.0 cm³/mol. The Hall–Kier alpha value is -1.76. The molecule has 6 nitrogen and oxygen atoms in total. The van der Waals surface area contributed by atoms with Gasteiger partial charge in [0.2, 0.25) is 0 Å². The van der Waals surface area contributed by atoms with Crippen molar-refractivity contribution in [3.8, 4) is 5.69 Å². The van der Waals surface area contributed by atoms with Crippen LogP contribution in [-0.4, -0.2) is 28.2 Å². The molecule has 3 rings (SSSR count). The maximum absolute atomic E-state index is 5.78. The highest BCUT2D eigenvalue weighted by atomic mass is 16.5. The lowest BCUT2D eigenvalue weighted by Crippen LogP contribution is -2.37. The summed E-state index contributed by atoms with van der Waals surface area (Å²) in [7, 11) is 0. The van der Waals surface area contributed by atoms with Crippen LogP contribution in [0, 0.1) is 5.92 Å². The van der Waals surface area contributed by atoms with Gasteiger partial charge in [0.15, 0.2) is 0 Å². The topological polar surface area (TPSA) is 78.0 Å². The highest BCUT2D eigenvalue weighted by molar-refractivity contribution is 5.32. The summed E-state index contributed by atoms with van der Waals surface area (Å²) in [5.41, 5.74) is 4.91. The second kappa shape index (κ2) is 6.13. The number of para-hydroxylation sites is 1. The minimum absolute atomic E-state index is 0.0362. The highest BCUT2D eigenvalue weighted by Crippen LogP contribution is 2.29. The second-order valence-electron chi connectivity index (χ2n) is 5.00. The van der Waals surface area contributed by atoms with Crippen molar-refractivity contribution in [2.45, 2.75) is 18.9 Å². The number of rotatable bonds is 4. The van der Waals surface area contributed by atoms with Gasteiger partial charge in [-0.3, -0.25) is 11.3 Å². The van der Waals surface area contributed by atoms with Crippen LogP contribution in [0.1, 0.15) is 24.6 Å². The zero-order valence-corrected chi connectivity index (χ0v) is 11.3. The van der Waals surface area contributed by atoms with E-state index in [1.165, 1.54) is 0 Å². The summed E-state index contributed by atoms with van der Waals surface area (Å²) in [6.45, 7) is 1.57. The first-order chi connectivity index (χ1) is 9.90. The molecule has 1 aromatic carbocycles. The Balaban J connectivity index is 1.91. The third-order valence-corrected chi connectivity index (χ3v) is 3.81. The molecule has 0 spiro atoms. The molecule has 0 radical (unpaired) electrons. The fourth-order valence-corrected chi connectivity index (χ4v) is 2.74. The van der Waals surface area contributed by atoms with Crippen LogP contribution in [0.4, 0.5) is 0 Å². The van der Waals surface area contributed by atoms with Gasteiger partial charge >= 0.3 is 0 Å². The highest BCUT2D eigenvalue weighted by Gasteiger charge is 2.27. The first-order valence-corrected chi connectivity index (χ1v) is 6.90. The van der Waals surface area contributed by atoms with Crippen molar-refractivity contribution in [3.63, 3.8) is 0 Å². The van der Waals surface area contributed by atoms with Gasteiger partial charge in [0.05, 0.1) is 23.6 Å². The smallest absolute Gasteiger partial charge is 0.0831 e. The summed E-state index contributed by atoms with van der Waals surface area (Å²) in [5, 5.41) is 8.24. The van der Waals surface area contributed by atoms with Crippen LogP contribution in [0.3, 0.4) is 0 Å². The van der Waals surface area contributed by atoms with Gasteiger partial charge in [-0.15, -0.1) is 5.10 Å². The quantitative estimate of drug-likeness (QED) is 0.646. The summed E-state index contributed by atoms with van der Waals surface area (Å²) >= 11 is 0. The summed E-state index contributed by atoms with van der Waals surface area (Å²) in [5.74, 6) is 6.22. The molecule has 3 N–H and O–H groups in total. The van der Waals surface area contributed by atoms with Crippen molar-refractivity contribution in [1.82, 2.24) is 20.4 Å². The second-order valence-corrected chi connectivity index (χ2v) is 5.00. The molecule has 1 saturated heterocycles. The molecule has 1 aliphatic rings. The minimum atomic E-state index is 0.0362. The summed E-state index contributed by atoms with van der Waals surface area (Å²) in [6, 6.07) is 10.0. The van der Waals surface area contributed by atoms with E-state index in [0.29, 0.717) is 5.92 Å². The Bertz CT molecular complexity index is 536. The monoisotopic (exact) mass is 273 g/mol. The zero-order valence-electron chi connectivity index (χ0n) is 11.3. The lowest BCUT2D eigenvalue weighted by atomic mass is 9.90. The average molecular weight is 273 g/mol. The fraction of sp³-hybridized carbons (Fsp3) is 0.429. The molecule has 1 aromatic heterocycles. The number of hydrazine groups is 1. The van der Waals surface area contributed by atoms with Crippen LogP contribution < -0.4 is 11.3 Å². The Morgan fingerprint density at radius 3 is 2.70 bits per heavy atom. The van der Waals surface area contributed by atoms with Crippen LogP contribution in [0.25, 0.3) is 5.69 Å². The molecule has 6 heteroatoms. The normalized spacial score (nSPS) is 18.1. The van der Waals surface area contributed by atoms with Crippen LogP contribution in [0.5, 0.6) is 0 Å². The number of aromatic nitrogens is 3. The van der Waals surface area contributed by atoms with Crippen LogP contribution >= 0.6 is 0 Å². The molecule has 0 amide bonds. The summed E-state index contributed by atoms with van der Waals surface area (Å²) < 4.78 is 7.27. The zero-order chi connectivity index (χ0) is 13.8. The number of nitrogens with zero attached hydrogens (tertiary/aromatic N) is 3. The molecule has 1 atom stereocenters. The van der Waals surface area contributed by atoms with Gasteiger partial charge in [-0.25, -0.2) is 4.68 Å². The maximum Gasteiger partial charge on any atom is 0.0831 e. The van der Waals surface area contributed by atoms with Crippen LogP contribution in [0.2, 0.25) is 0 Å². The number of benzene rings is 1. The number of nitrogens with one attached hydrogen (secondary N) is 1. The maximum atomic E-state index is 5.78. The summed E-state index contributed by atoms with van der Waals surface area (Å²) in [4.78, 5) is 0. The van der Waals surface area contributed by atoms with Crippen molar-refractivity contribution in [2.75, 3.05) is 13.2 Å². The number of hydrogen-bond acceptors (Lipinski definition) is 5.